The number of likely N-dealkylation sites (tertiary alicyclic amines) is 2. The lowest BCUT2D eigenvalue weighted by atomic mass is 9.86. The molecule has 83 heavy (non-hydrogen) atoms. The van der Waals surface area contributed by atoms with Crippen molar-refractivity contribution >= 4 is 80.3 Å². The Hall–Kier alpha value is -8.30. The SMILES string of the molecule is Cc1ccc(C(=O)Nc2ccnc(C(C)(C)C)c2)cc1Nc1nc[n+](Cc2ccc(C(=O)Nc3cc(C(C)(C)C)on3)cc2Nc2ncnc3cnc(N4CCC5(CCN(C)C5)C4)nc23)c2cnc(N3CCC(CN4CCCC4)CC3)nc12. The molecule has 10 heterocycles. The molecule has 4 N–H and O–H groups in total. The lowest BCUT2D eigenvalue weighted by molar-refractivity contribution is -0.665. The summed E-state index contributed by atoms with van der Waals surface area (Å²) in [6.07, 6.45) is 15.6. The van der Waals surface area contributed by atoms with Gasteiger partial charge in [-0.2, -0.15) is 0 Å². The molecule has 4 saturated heterocycles. The lowest BCUT2D eigenvalue weighted by Crippen LogP contribution is -2.39. The first-order valence-electron chi connectivity index (χ1n) is 29.2. The van der Waals surface area contributed by atoms with Crippen molar-refractivity contribution in [3.05, 3.63) is 120 Å². The number of nitrogens with one attached hydrogen (secondary N) is 4. The fraction of sp³-hybridized carbons (Fsp3) is 0.452. The maximum atomic E-state index is 14.2. The molecule has 1 unspecified atom stereocenters. The maximum Gasteiger partial charge on any atom is 0.289 e. The molecule has 4 aliphatic heterocycles. The van der Waals surface area contributed by atoms with Crippen molar-refractivity contribution in [2.24, 2.45) is 11.3 Å². The molecule has 8 aromatic rings. The molecular formula is C62H75N18O3+. The number of piperidine rings is 1. The predicted molar refractivity (Wildman–Crippen MR) is 322 cm³/mol. The Morgan fingerprint density at radius 3 is 2.18 bits per heavy atom. The molecule has 12 rings (SSSR count). The highest BCUT2D eigenvalue weighted by Gasteiger charge is 2.43. The van der Waals surface area contributed by atoms with E-state index in [2.05, 4.69) is 83.8 Å². The summed E-state index contributed by atoms with van der Waals surface area (Å²) in [5.74, 6) is 3.22. The van der Waals surface area contributed by atoms with Gasteiger partial charge in [-0.15, -0.1) is 0 Å². The minimum absolute atomic E-state index is 0.186. The number of amides is 2. The van der Waals surface area contributed by atoms with Crippen LogP contribution in [0.1, 0.15) is 123 Å². The molecule has 430 valence electrons. The van der Waals surface area contributed by atoms with Gasteiger partial charge < -0.3 is 45.4 Å². The number of carbonyl (C=O) groups excluding carboxylic acids is 2. The zero-order valence-corrected chi connectivity index (χ0v) is 49.0. The Bertz CT molecular complexity index is 3730. The summed E-state index contributed by atoms with van der Waals surface area (Å²) in [6.45, 7) is 23.8. The summed E-state index contributed by atoms with van der Waals surface area (Å²) in [5, 5.41) is 17.4. The van der Waals surface area contributed by atoms with Crippen molar-refractivity contribution < 1.29 is 18.7 Å². The second-order valence-corrected chi connectivity index (χ2v) is 25.4. The third-order valence-electron chi connectivity index (χ3n) is 16.9. The fourth-order valence-corrected chi connectivity index (χ4v) is 12.0. The van der Waals surface area contributed by atoms with E-state index < -0.39 is 0 Å². The summed E-state index contributed by atoms with van der Waals surface area (Å²) in [5.41, 5.74) is 7.62. The number of benzene rings is 2. The van der Waals surface area contributed by atoms with Gasteiger partial charge in [0.05, 0.1) is 12.4 Å². The number of aryl methyl sites for hydroxylation is 1. The normalized spacial score (nSPS) is 18.2. The average molecular weight is 1120 g/mol. The number of nitrogens with zero attached hydrogens (tertiary/aromatic N) is 14. The highest BCUT2D eigenvalue weighted by molar-refractivity contribution is 6.06. The molecule has 2 amide bonds. The Balaban J connectivity index is 0.890. The average Bonchev–Trinajstić information content (AvgIpc) is 4.45. The molecule has 1 spiro atoms. The van der Waals surface area contributed by atoms with E-state index in [1.165, 1.54) is 32.3 Å². The van der Waals surface area contributed by atoms with E-state index in [-0.39, 0.29) is 34.6 Å². The monoisotopic (exact) mass is 1120 g/mol. The Kier molecular flexibility index (Phi) is 14.9. The number of hydrogen-bond donors (Lipinski definition) is 4. The van der Waals surface area contributed by atoms with Gasteiger partial charge >= 0.3 is 0 Å². The van der Waals surface area contributed by atoms with E-state index in [0.717, 1.165) is 88.3 Å². The molecule has 0 aliphatic carbocycles. The van der Waals surface area contributed by atoms with Crippen LogP contribution >= 0.6 is 0 Å². The Morgan fingerprint density at radius 2 is 1.42 bits per heavy atom. The number of pyridine rings is 1. The smallest absolute Gasteiger partial charge is 0.289 e. The van der Waals surface area contributed by atoms with Gasteiger partial charge in [0.1, 0.15) is 29.7 Å². The topological polar surface area (TPSA) is 228 Å². The molecule has 4 aliphatic rings. The standard InChI is InChI=1S/C62H74N18O3/c1-39-11-12-41(56(81)69-44-15-20-63-49(29-44)60(2,3)4)27-45(39)70-55-53-48(32-65-58(74-53)78-23-16-40(17-24-78)33-77-21-9-10-22-77)80(38-68-55)34-43-14-13-42(57(82)72-51-30-50(83-75-51)61(5,6)7)28-46(43)71-54-52-47(66-37-67-54)31-64-59(73-52)79-26-19-62(36-79)18-25-76(8)35-62/h11-15,20,27-32,37-38,40H,9-10,16-19,21-26,33-36H2,1-8H3,(H3,63,66,67,69,71,72,75,81,82)/p+1. The van der Waals surface area contributed by atoms with E-state index >= 15 is 0 Å². The third kappa shape index (κ3) is 12.1. The van der Waals surface area contributed by atoms with Gasteiger partial charge in [0, 0.05) is 107 Å². The van der Waals surface area contributed by atoms with E-state index in [0.29, 0.717) is 91.3 Å². The molecular weight excluding hydrogens is 1040 g/mol. The predicted octanol–water partition coefficient (Wildman–Crippen LogP) is 9.22. The van der Waals surface area contributed by atoms with Gasteiger partial charge in [-0.05, 0) is 125 Å². The first-order valence-corrected chi connectivity index (χ1v) is 29.2. The molecule has 21 heteroatoms. The minimum Gasteiger partial charge on any atom is -0.359 e. The summed E-state index contributed by atoms with van der Waals surface area (Å²) in [4.78, 5) is 77.0. The molecule has 4 fully saturated rings. The van der Waals surface area contributed by atoms with Crippen molar-refractivity contribution in [3.63, 3.8) is 0 Å². The van der Waals surface area contributed by atoms with Crippen molar-refractivity contribution in [2.75, 3.05) is 97.0 Å². The first-order chi connectivity index (χ1) is 39.9. The van der Waals surface area contributed by atoms with Gasteiger partial charge in [0.25, 0.3) is 24.0 Å². The highest BCUT2D eigenvalue weighted by atomic mass is 16.5. The number of hydrogen-bond acceptors (Lipinski definition) is 18. The summed E-state index contributed by atoms with van der Waals surface area (Å²) in [7, 11) is 2.19. The first kappa shape index (κ1) is 55.2. The van der Waals surface area contributed by atoms with Crippen molar-refractivity contribution in [1.29, 1.82) is 0 Å². The summed E-state index contributed by atoms with van der Waals surface area (Å²) >= 11 is 0. The molecule has 21 nitrogen and oxygen atoms in total. The van der Waals surface area contributed by atoms with Crippen molar-refractivity contribution in [2.45, 2.75) is 104 Å². The van der Waals surface area contributed by atoms with Crippen LogP contribution in [-0.4, -0.2) is 133 Å². The molecule has 2 aromatic carbocycles. The van der Waals surface area contributed by atoms with Crippen LogP contribution in [-0.2, 0) is 17.4 Å². The van der Waals surface area contributed by atoms with Crippen LogP contribution in [0.4, 0.5) is 46.4 Å². The third-order valence-corrected chi connectivity index (χ3v) is 16.9. The van der Waals surface area contributed by atoms with Crippen LogP contribution in [0.2, 0.25) is 0 Å². The summed E-state index contributed by atoms with van der Waals surface area (Å²) < 4.78 is 7.63. The second kappa shape index (κ2) is 22.5. The van der Waals surface area contributed by atoms with Crippen LogP contribution in [0.15, 0.2) is 90.4 Å². The van der Waals surface area contributed by atoms with Gasteiger partial charge in [0.2, 0.25) is 11.9 Å². The number of fused-ring (bicyclic) bond motifs is 2. The van der Waals surface area contributed by atoms with Crippen LogP contribution in [0.25, 0.3) is 22.1 Å². The number of aromatic nitrogens is 10. The second-order valence-electron chi connectivity index (χ2n) is 25.4. The van der Waals surface area contributed by atoms with Gasteiger partial charge in [-0.3, -0.25) is 14.6 Å². The maximum absolute atomic E-state index is 14.2. The van der Waals surface area contributed by atoms with E-state index in [1.807, 2.05) is 74.9 Å². The summed E-state index contributed by atoms with van der Waals surface area (Å²) in [6, 6.07) is 16.6. The quantitative estimate of drug-likeness (QED) is 0.0744. The van der Waals surface area contributed by atoms with E-state index in [4.69, 9.17) is 34.4 Å². The largest absolute Gasteiger partial charge is 0.359 e. The molecule has 1 atom stereocenters. The highest BCUT2D eigenvalue weighted by Crippen LogP contribution is 2.40. The van der Waals surface area contributed by atoms with E-state index in [9.17, 15) is 9.59 Å². The Labute approximate surface area is 484 Å². The molecule has 0 bridgehead atoms. The van der Waals surface area contributed by atoms with Crippen LogP contribution < -0.4 is 35.6 Å². The van der Waals surface area contributed by atoms with Gasteiger partial charge in [0.15, 0.2) is 22.7 Å². The number of anilines is 8. The molecule has 0 radical (unpaired) electrons. The molecule has 6 aromatic heterocycles. The fourth-order valence-electron chi connectivity index (χ4n) is 12.0. The van der Waals surface area contributed by atoms with Crippen molar-refractivity contribution in [1.82, 2.24) is 54.8 Å². The van der Waals surface area contributed by atoms with Crippen LogP contribution in [0.3, 0.4) is 0 Å². The van der Waals surface area contributed by atoms with E-state index in [1.54, 1.807) is 36.9 Å². The van der Waals surface area contributed by atoms with Crippen LogP contribution in [0, 0.1) is 18.3 Å². The van der Waals surface area contributed by atoms with Gasteiger partial charge in [-0.25, -0.2) is 34.5 Å². The Morgan fingerprint density at radius 1 is 0.711 bits per heavy atom. The number of carbonyl (C=O) groups is 2. The molecule has 0 saturated carbocycles. The van der Waals surface area contributed by atoms with Crippen molar-refractivity contribution in [3.8, 4) is 0 Å². The minimum atomic E-state index is -0.369. The number of rotatable bonds is 14. The van der Waals surface area contributed by atoms with Crippen LogP contribution in [0.5, 0.6) is 0 Å². The lowest BCUT2D eigenvalue weighted by Gasteiger charge is -2.33. The zero-order chi connectivity index (χ0) is 57.6. The zero-order valence-electron chi connectivity index (χ0n) is 49.0. The van der Waals surface area contributed by atoms with Gasteiger partial charge in [-0.1, -0.05) is 58.8 Å².